The number of benzene rings is 1. The summed E-state index contributed by atoms with van der Waals surface area (Å²) in [4.78, 5) is 19.4. The molecule has 1 amide bonds. The summed E-state index contributed by atoms with van der Waals surface area (Å²) in [7, 11) is 1.38. The lowest BCUT2D eigenvalue weighted by Crippen LogP contribution is -2.50. The Morgan fingerprint density at radius 1 is 1.25 bits per heavy atom. The Labute approximate surface area is 206 Å². The first-order chi connectivity index (χ1) is 17.4. The number of amides is 1. The molecule has 0 atom stereocenters. The highest BCUT2D eigenvalue weighted by Gasteiger charge is 2.29. The van der Waals surface area contributed by atoms with E-state index in [-0.39, 0.29) is 29.7 Å². The van der Waals surface area contributed by atoms with E-state index in [2.05, 4.69) is 15.2 Å². The van der Waals surface area contributed by atoms with E-state index < -0.39 is 12.5 Å². The molecule has 3 aromatic rings. The van der Waals surface area contributed by atoms with Crippen molar-refractivity contribution < 1.29 is 32.9 Å². The summed E-state index contributed by atoms with van der Waals surface area (Å²) in [6.07, 6.45) is 5.11. The van der Waals surface area contributed by atoms with Gasteiger partial charge in [-0.2, -0.15) is 8.78 Å². The van der Waals surface area contributed by atoms with Crippen LogP contribution < -0.4 is 19.5 Å². The van der Waals surface area contributed by atoms with Crippen molar-refractivity contribution in [2.75, 3.05) is 40.0 Å². The number of aliphatic hydroxyl groups is 1. The number of halogens is 2. The van der Waals surface area contributed by atoms with Gasteiger partial charge >= 0.3 is 6.61 Å². The minimum Gasteiger partial charge on any atom is -0.496 e. The molecule has 2 aliphatic rings. The number of alkyl halides is 2. The van der Waals surface area contributed by atoms with Crippen molar-refractivity contribution in [2.24, 2.45) is 5.92 Å². The molecule has 0 unspecified atom stereocenters. The summed E-state index contributed by atoms with van der Waals surface area (Å²) in [6.45, 7) is 0.101. The van der Waals surface area contributed by atoms with Gasteiger partial charge in [-0.3, -0.25) is 9.20 Å². The predicted molar refractivity (Wildman–Crippen MR) is 127 cm³/mol. The van der Waals surface area contributed by atoms with Crippen molar-refractivity contribution in [3.8, 4) is 28.5 Å². The first-order valence-corrected chi connectivity index (χ1v) is 11.9. The highest BCUT2D eigenvalue weighted by Crippen LogP contribution is 2.37. The van der Waals surface area contributed by atoms with E-state index in [1.807, 2.05) is 6.07 Å². The van der Waals surface area contributed by atoms with E-state index in [9.17, 15) is 13.6 Å². The van der Waals surface area contributed by atoms with Crippen molar-refractivity contribution in [2.45, 2.75) is 25.5 Å². The topological polar surface area (TPSA) is 97.6 Å². The highest BCUT2D eigenvalue weighted by molar-refractivity contribution is 6.01. The first-order valence-electron chi connectivity index (χ1n) is 11.9. The smallest absolute Gasteiger partial charge is 0.387 e. The quantitative estimate of drug-likeness (QED) is 0.416. The molecule has 1 aliphatic carbocycles. The molecule has 1 aliphatic heterocycles. The van der Waals surface area contributed by atoms with Gasteiger partial charge in [-0.15, -0.1) is 0 Å². The van der Waals surface area contributed by atoms with Crippen LogP contribution in [0.2, 0.25) is 0 Å². The number of pyridine rings is 1. The Kier molecular flexibility index (Phi) is 6.92. The zero-order valence-electron chi connectivity index (χ0n) is 19.8. The molecule has 3 heterocycles. The van der Waals surface area contributed by atoms with Crippen LogP contribution in [0, 0.1) is 5.92 Å². The molecule has 2 N–H and O–H groups in total. The van der Waals surface area contributed by atoms with Crippen molar-refractivity contribution in [3.05, 3.63) is 42.2 Å². The Bertz CT molecular complexity index is 1240. The summed E-state index contributed by atoms with van der Waals surface area (Å²) < 4.78 is 44.3. The van der Waals surface area contributed by atoms with Gasteiger partial charge in [-0.05, 0) is 31.0 Å². The maximum absolute atomic E-state index is 13.2. The van der Waals surface area contributed by atoms with Crippen LogP contribution >= 0.6 is 0 Å². The second-order valence-corrected chi connectivity index (χ2v) is 9.07. The molecule has 2 fully saturated rings. The molecule has 1 saturated heterocycles. The van der Waals surface area contributed by atoms with Crippen molar-refractivity contribution in [3.63, 3.8) is 0 Å². The third-order valence-electron chi connectivity index (χ3n) is 6.36. The van der Waals surface area contributed by atoms with Crippen LogP contribution in [0.4, 0.5) is 8.78 Å². The molecule has 192 valence electrons. The number of β-amino-alcohol motifs (C(OH)–C–C–N with tert-alkyl or cyclic N) is 1. The molecule has 2 aromatic heterocycles. The Morgan fingerprint density at radius 2 is 2.03 bits per heavy atom. The normalized spacial score (nSPS) is 16.2. The Hall–Kier alpha value is -3.44. The molecule has 1 saturated carbocycles. The van der Waals surface area contributed by atoms with Crippen molar-refractivity contribution in [1.29, 1.82) is 0 Å². The van der Waals surface area contributed by atoms with E-state index in [1.165, 1.54) is 13.2 Å². The number of hydrogen-bond donors (Lipinski definition) is 2. The molecule has 0 spiro atoms. The van der Waals surface area contributed by atoms with Crippen LogP contribution in [-0.2, 0) is 0 Å². The number of fused-ring (bicyclic) bond motifs is 1. The number of carbonyl (C=O) groups excluding carboxylic acids is 1. The number of carbonyl (C=O) groups is 1. The lowest BCUT2D eigenvalue weighted by Gasteiger charge is -2.38. The van der Waals surface area contributed by atoms with Crippen LogP contribution in [0.15, 0.2) is 36.7 Å². The third kappa shape index (κ3) is 5.21. The van der Waals surface area contributed by atoms with E-state index in [1.54, 1.807) is 28.9 Å². The van der Waals surface area contributed by atoms with E-state index in [0.29, 0.717) is 41.7 Å². The molecule has 9 nitrogen and oxygen atoms in total. The molecule has 36 heavy (non-hydrogen) atoms. The molecule has 1 aromatic carbocycles. The standard InChI is InChI=1S/C25H28F2N4O5/c1-34-20-8-16(9-21(36-25(26)27)23(20)24(33)29-17-2-3-17)19-11-28-22-10-18(4-5-31(19)22)35-14-15-12-30(13-15)6-7-32/h4-5,8-11,15,17,25,32H,2-3,6-7,12-14H2,1H3,(H,29,33). The fourth-order valence-electron chi connectivity index (χ4n) is 4.38. The van der Waals surface area contributed by atoms with Crippen molar-refractivity contribution >= 4 is 11.6 Å². The molecule has 0 bridgehead atoms. The second kappa shape index (κ2) is 10.3. The van der Waals surface area contributed by atoms with E-state index in [0.717, 1.165) is 25.9 Å². The predicted octanol–water partition coefficient (Wildman–Crippen LogP) is 2.81. The minimum atomic E-state index is -3.11. The minimum absolute atomic E-state index is 0.0419. The maximum Gasteiger partial charge on any atom is 0.387 e. The second-order valence-electron chi connectivity index (χ2n) is 9.07. The number of aromatic nitrogens is 2. The Balaban J connectivity index is 1.39. The van der Waals surface area contributed by atoms with Crippen LogP contribution in [0.3, 0.4) is 0 Å². The number of nitrogens with one attached hydrogen (secondary N) is 1. The van der Waals surface area contributed by atoms with Gasteiger partial charge in [-0.1, -0.05) is 0 Å². The average Bonchev–Trinajstić information content (AvgIpc) is 3.54. The SMILES string of the molecule is COc1cc(-c2cnc3cc(OCC4CN(CCO)C4)ccn23)cc(OC(F)F)c1C(=O)NC1CC1. The van der Waals surface area contributed by atoms with Crippen LogP contribution in [0.1, 0.15) is 23.2 Å². The molecule has 0 radical (unpaired) electrons. The van der Waals surface area contributed by atoms with Gasteiger partial charge in [0.2, 0.25) is 0 Å². The van der Waals surface area contributed by atoms with E-state index >= 15 is 0 Å². The maximum atomic E-state index is 13.2. The number of ether oxygens (including phenoxy) is 3. The molecular formula is C25H28F2N4O5. The van der Waals surface area contributed by atoms with Gasteiger partial charge < -0.3 is 29.5 Å². The number of nitrogens with zero attached hydrogens (tertiary/aromatic N) is 3. The summed E-state index contributed by atoms with van der Waals surface area (Å²) in [6, 6.07) is 6.68. The third-order valence-corrected chi connectivity index (χ3v) is 6.36. The van der Waals surface area contributed by atoms with Gasteiger partial charge in [0.25, 0.3) is 5.91 Å². The average molecular weight is 503 g/mol. The van der Waals surface area contributed by atoms with Gasteiger partial charge in [0, 0.05) is 49.4 Å². The van der Waals surface area contributed by atoms with Gasteiger partial charge in [-0.25, -0.2) is 4.98 Å². The molecular weight excluding hydrogens is 474 g/mol. The number of methoxy groups -OCH3 is 1. The van der Waals surface area contributed by atoms with E-state index in [4.69, 9.17) is 19.3 Å². The zero-order chi connectivity index (χ0) is 25.2. The van der Waals surface area contributed by atoms with Crippen molar-refractivity contribution in [1.82, 2.24) is 19.6 Å². The van der Waals surface area contributed by atoms with Gasteiger partial charge in [0.15, 0.2) is 0 Å². The van der Waals surface area contributed by atoms with Crippen LogP contribution in [0.25, 0.3) is 16.9 Å². The number of aliphatic hydroxyl groups excluding tert-OH is 1. The summed E-state index contributed by atoms with van der Waals surface area (Å²) >= 11 is 0. The number of rotatable bonds is 11. The Morgan fingerprint density at radius 3 is 2.72 bits per heavy atom. The lowest BCUT2D eigenvalue weighted by atomic mass is 10.0. The fraction of sp³-hybridized carbons (Fsp3) is 0.440. The van der Waals surface area contributed by atoms with Gasteiger partial charge in [0.1, 0.15) is 28.5 Å². The van der Waals surface area contributed by atoms with Crippen LogP contribution in [0.5, 0.6) is 17.2 Å². The number of hydrogen-bond acceptors (Lipinski definition) is 7. The zero-order valence-corrected chi connectivity index (χ0v) is 19.8. The molecule has 11 heteroatoms. The fourth-order valence-corrected chi connectivity index (χ4v) is 4.38. The van der Waals surface area contributed by atoms with Gasteiger partial charge in [0.05, 0.1) is 32.2 Å². The lowest BCUT2D eigenvalue weighted by molar-refractivity contribution is -0.0502. The number of likely N-dealkylation sites (tertiary alicyclic amines) is 1. The monoisotopic (exact) mass is 502 g/mol. The van der Waals surface area contributed by atoms with Crippen LogP contribution in [-0.4, -0.2) is 77.9 Å². The molecule has 5 rings (SSSR count). The highest BCUT2D eigenvalue weighted by atomic mass is 19.3. The number of imidazole rings is 1. The summed E-state index contributed by atoms with van der Waals surface area (Å²) in [5.41, 5.74) is 1.67. The largest absolute Gasteiger partial charge is 0.496 e. The first kappa shape index (κ1) is 24.3. The summed E-state index contributed by atoms with van der Waals surface area (Å²) in [5.74, 6) is 0.448. The summed E-state index contributed by atoms with van der Waals surface area (Å²) in [5, 5.41) is 11.8.